The van der Waals surface area contributed by atoms with E-state index in [1.807, 2.05) is 0 Å². The lowest BCUT2D eigenvalue weighted by atomic mass is 10.3. The van der Waals surface area contributed by atoms with Gasteiger partial charge in [0.05, 0.1) is 12.8 Å². The Morgan fingerprint density at radius 2 is 2.07 bits per heavy atom. The normalized spacial score (nSPS) is 13.4. The Labute approximate surface area is 81.4 Å². The van der Waals surface area contributed by atoms with Crippen molar-refractivity contribution in [3.05, 3.63) is 12.2 Å². The summed E-state index contributed by atoms with van der Waals surface area (Å²) in [5.41, 5.74) is 0.106. The van der Waals surface area contributed by atoms with E-state index in [-0.39, 0.29) is 5.57 Å². The summed E-state index contributed by atoms with van der Waals surface area (Å²) in [4.78, 5) is 28.0. The Morgan fingerprint density at radius 1 is 1.57 bits per heavy atom. The van der Waals surface area contributed by atoms with Gasteiger partial charge in [-0.3, -0.25) is 4.57 Å². The molecular formula is C7H13O6P. The van der Waals surface area contributed by atoms with Crippen LogP contribution in [-0.4, -0.2) is 39.7 Å². The van der Waals surface area contributed by atoms with Crippen LogP contribution in [0.5, 0.6) is 0 Å². The van der Waals surface area contributed by atoms with Gasteiger partial charge in [0.25, 0.3) is 0 Å². The summed E-state index contributed by atoms with van der Waals surface area (Å²) in [6.07, 6.45) is -1.89. The lowest BCUT2D eigenvalue weighted by molar-refractivity contribution is -0.145. The molecule has 0 bridgehead atoms. The second-order valence-corrected chi connectivity index (χ2v) is 4.53. The zero-order valence-corrected chi connectivity index (χ0v) is 8.61. The standard InChI is InChI=1S/C7H13O6P/c1-5(2)7(9)13-6(3-8)4-14(10,11)12/h6,8H,1,3-4H2,2H3,(H2,10,11,12). The minimum absolute atomic E-state index is 0.106. The van der Waals surface area contributed by atoms with Crippen molar-refractivity contribution < 1.29 is 29.0 Å². The van der Waals surface area contributed by atoms with E-state index < -0.39 is 32.4 Å². The van der Waals surface area contributed by atoms with Gasteiger partial charge in [0.15, 0.2) is 0 Å². The summed E-state index contributed by atoms with van der Waals surface area (Å²) >= 11 is 0. The number of carbonyl (C=O) groups is 1. The second kappa shape index (κ2) is 5.26. The maximum absolute atomic E-state index is 10.9. The molecule has 1 atom stereocenters. The molecule has 0 radical (unpaired) electrons. The molecule has 1 unspecified atom stereocenters. The third-order valence-electron chi connectivity index (χ3n) is 1.27. The molecule has 0 fully saturated rings. The quantitative estimate of drug-likeness (QED) is 0.335. The van der Waals surface area contributed by atoms with Gasteiger partial charge in [0, 0.05) is 5.57 Å². The third kappa shape index (κ3) is 5.88. The lowest BCUT2D eigenvalue weighted by Gasteiger charge is -2.15. The zero-order valence-electron chi connectivity index (χ0n) is 7.71. The number of hydrogen-bond donors (Lipinski definition) is 3. The molecule has 0 saturated heterocycles. The van der Waals surface area contributed by atoms with Crippen molar-refractivity contribution in [1.29, 1.82) is 0 Å². The molecular weight excluding hydrogens is 211 g/mol. The van der Waals surface area contributed by atoms with E-state index in [0.717, 1.165) is 0 Å². The first kappa shape index (κ1) is 13.3. The predicted molar refractivity (Wildman–Crippen MR) is 48.7 cm³/mol. The fourth-order valence-electron chi connectivity index (χ4n) is 0.650. The van der Waals surface area contributed by atoms with Crippen LogP contribution in [0.3, 0.4) is 0 Å². The SMILES string of the molecule is C=C(C)C(=O)OC(CO)CP(=O)(O)O. The molecule has 0 rings (SSSR count). The Bertz CT molecular complexity index is 267. The van der Waals surface area contributed by atoms with Crippen molar-refractivity contribution >= 4 is 13.6 Å². The van der Waals surface area contributed by atoms with Gasteiger partial charge in [-0.05, 0) is 6.92 Å². The van der Waals surface area contributed by atoms with E-state index in [1.54, 1.807) is 0 Å². The average molecular weight is 224 g/mol. The number of aliphatic hydroxyl groups excluding tert-OH is 1. The molecule has 6 nitrogen and oxygen atoms in total. The predicted octanol–water partition coefficient (Wildman–Crippen LogP) is -0.356. The lowest BCUT2D eigenvalue weighted by Crippen LogP contribution is -2.26. The molecule has 0 amide bonds. The maximum Gasteiger partial charge on any atom is 0.333 e. The van der Waals surface area contributed by atoms with E-state index >= 15 is 0 Å². The molecule has 0 aliphatic heterocycles. The van der Waals surface area contributed by atoms with Crippen LogP contribution < -0.4 is 0 Å². The highest BCUT2D eigenvalue weighted by atomic mass is 31.2. The summed E-state index contributed by atoms with van der Waals surface area (Å²) in [6.45, 7) is 4.05. The summed E-state index contributed by atoms with van der Waals surface area (Å²) in [5.74, 6) is -0.780. The van der Waals surface area contributed by atoms with Crippen LogP contribution in [0.2, 0.25) is 0 Å². The van der Waals surface area contributed by atoms with Crippen molar-refractivity contribution in [2.24, 2.45) is 0 Å². The maximum atomic E-state index is 10.9. The number of esters is 1. The molecule has 0 spiro atoms. The van der Waals surface area contributed by atoms with E-state index in [4.69, 9.17) is 14.9 Å². The Kier molecular flexibility index (Phi) is 5.01. The van der Waals surface area contributed by atoms with Crippen molar-refractivity contribution in [2.45, 2.75) is 13.0 Å². The van der Waals surface area contributed by atoms with Crippen molar-refractivity contribution in [2.75, 3.05) is 12.8 Å². The third-order valence-corrected chi connectivity index (χ3v) is 2.15. The van der Waals surface area contributed by atoms with Crippen molar-refractivity contribution in [3.63, 3.8) is 0 Å². The molecule has 0 aliphatic rings. The number of rotatable bonds is 5. The Morgan fingerprint density at radius 3 is 2.36 bits per heavy atom. The zero-order chi connectivity index (χ0) is 11.4. The van der Waals surface area contributed by atoms with Crippen LogP contribution in [0.1, 0.15) is 6.92 Å². The van der Waals surface area contributed by atoms with Crippen LogP contribution in [0.25, 0.3) is 0 Å². The molecule has 7 heteroatoms. The summed E-state index contributed by atoms with van der Waals surface area (Å²) in [6, 6.07) is 0. The van der Waals surface area contributed by atoms with Crippen LogP contribution in [0, 0.1) is 0 Å². The highest BCUT2D eigenvalue weighted by Crippen LogP contribution is 2.35. The number of aliphatic hydroxyl groups is 1. The number of carbonyl (C=O) groups excluding carboxylic acids is 1. The van der Waals surface area contributed by atoms with Crippen LogP contribution in [0.4, 0.5) is 0 Å². The van der Waals surface area contributed by atoms with Gasteiger partial charge in [-0.25, -0.2) is 4.79 Å². The smallest absolute Gasteiger partial charge is 0.333 e. The molecule has 0 saturated carbocycles. The van der Waals surface area contributed by atoms with Gasteiger partial charge in [-0.2, -0.15) is 0 Å². The van der Waals surface area contributed by atoms with Gasteiger partial charge in [-0.15, -0.1) is 0 Å². The van der Waals surface area contributed by atoms with Gasteiger partial charge in [-0.1, -0.05) is 6.58 Å². The highest BCUT2D eigenvalue weighted by Gasteiger charge is 2.24. The monoisotopic (exact) mass is 224 g/mol. The fraction of sp³-hybridized carbons (Fsp3) is 0.571. The van der Waals surface area contributed by atoms with Crippen molar-refractivity contribution in [3.8, 4) is 0 Å². The minimum atomic E-state index is -4.29. The summed E-state index contributed by atoms with van der Waals surface area (Å²) in [5, 5.41) is 8.67. The molecule has 82 valence electrons. The summed E-state index contributed by atoms with van der Waals surface area (Å²) in [7, 11) is -4.29. The van der Waals surface area contributed by atoms with E-state index in [0.29, 0.717) is 0 Å². The van der Waals surface area contributed by atoms with E-state index in [9.17, 15) is 9.36 Å². The first-order chi connectivity index (χ1) is 6.26. The number of ether oxygens (including phenoxy) is 1. The summed E-state index contributed by atoms with van der Waals surface area (Å²) < 4.78 is 15.1. The first-order valence-electron chi connectivity index (χ1n) is 3.78. The van der Waals surface area contributed by atoms with Crippen molar-refractivity contribution in [1.82, 2.24) is 0 Å². The van der Waals surface area contributed by atoms with Gasteiger partial charge < -0.3 is 19.6 Å². The van der Waals surface area contributed by atoms with Gasteiger partial charge in [0.2, 0.25) is 0 Å². The van der Waals surface area contributed by atoms with Gasteiger partial charge >= 0.3 is 13.6 Å². The average Bonchev–Trinajstić information content (AvgIpc) is 2.00. The topological polar surface area (TPSA) is 104 Å². The Balaban J connectivity index is 4.24. The van der Waals surface area contributed by atoms with Crippen LogP contribution in [-0.2, 0) is 14.1 Å². The molecule has 0 heterocycles. The minimum Gasteiger partial charge on any atom is -0.456 e. The molecule has 0 aromatic rings. The largest absolute Gasteiger partial charge is 0.456 e. The molecule has 0 aromatic carbocycles. The second-order valence-electron chi connectivity index (χ2n) is 2.84. The highest BCUT2D eigenvalue weighted by molar-refractivity contribution is 7.51. The van der Waals surface area contributed by atoms with Gasteiger partial charge in [0.1, 0.15) is 6.10 Å². The first-order valence-corrected chi connectivity index (χ1v) is 5.58. The number of hydrogen-bond acceptors (Lipinski definition) is 4. The van der Waals surface area contributed by atoms with E-state index in [2.05, 4.69) is 11.3 Å². The molecule has 0 aromatic heterocycles. The molecule has 0 aliphatic carbocycles. The fourth-order valence-corrected chi connectivity index (χ4v) is 1.37. The van der Waals surface area contributed by atoms with Crippen LogP contribution >= 0.6 is 7.60 Å². The van der Waals surface area contributed by atoms with E-state index in [1.165, 1.54) is 6.92 Å². The molecule has 14 heavy (non-hydrogen) atoms. The Hall–Kier alpha value is -0.680. The molecule has 3 N–H and O–H groups in total. The van der Waals surface area contributed by atoms with Crippen LogP contribution in [0.15, 0.2) is 12.2 Å².